The van der Waals surface area contributed by atoms with Gasteiger partial charge >= 0.3 is 0 Å². The lowest BCUT2D eigenvalue weighted by molar-refractivity contribution is -0.141. The van der Waals surface area contributed by atoms with Gasteiger partial charge in [-0.1, -0.05) is 55.2 Å². The molecule has 7 heteroatoms. The Balaban J connectivity index is 2.30. The number of ether oxygens (including phenoxy) is 1. The van der Waals surface area contributed by atoms with Crippen LogP contribution >= 0.6 is 23.2 Å². The molecule has 5 nitrogen and oxygen atoms in total. The summed E-state index contributed by atoms with van der Waals surface area (Å²) in [7, 11) is 1.60. The molecule has 0 saturated heterocycles. The molecular weight excluding hydrogens is 435 g/mol. The molecule has 0 aliphatic rings. The van der Waals surface area contributed by atoms with Gasteiger partial charge in [-0.15, -0.1) is 0 Å². The van der Waals surface area contributed by atoms with Gasteiger partial charge in [0, 0.05) is 12.6 Å². The number of carbonyl (C=O) groups is 2. The second kappa shape index (κ2) is 12.0. The van der Waals surface area contributed by atoms with E-state index in [2.05, 4.69) is 5.32 Å². The van der Waals surface area contributed by atoms with Gasteiger partial charge in [-0.2, -0.15) is 0 Å². The fourth-order valence-electron chi connectivity index (χ4n) is 3.21. The molecule has 31 heavy (non-hydrogen) atoms. The van der Waals surface area contributed by atoms with Gasteiger partial charge in [-0.05, 0) is 55.2 Å². The van der Waals surface area contributed by atoms with Gasteiger partial charge in [-0.25, -0.2) is 0 Å². The third kappa shape index (κ3) is 7.15. The van der Waals surface area contributed by atoms with E-state index in [1.165, 1.54) is 0 Å². The van der Waals surface area contributed by atoms with Gasteiger partial charge in [0.05, 0.1) is 23.6 Å². The Morgan fingerprint density at radius 2 is 1.65 bits per heavy atom. The summed E-state index contributed by atoms with van der Waals surface area (Å²) in [6, 6.07) is 12.0. The predicted molar refractivity (Wildman–Crippen MR) is 126 cm³/mol. The van der Waals surface area contributed by atoms with Crippen molar-refractivity contribution in [1.29, 1.82) is 0 Å². The number of hydrogen-bond acceptors (Lipinski definition) is 3. The minimum Gasteiger partial charge on any atom is -0.497 e. The van der Waals surface area contributed by atoms with Crippen molar-refractivity contribution in [2.24, 2.45) is 0 Å². The normalized spacial score (nSPS) is 12.7. The maximum atomic E-state index is 13.3. The zero-order valence-corrected chi connectivity index (χ0v) is 20.0. The van der Waals surface area contributed by atoms with Gasteiger partial charge in [0.25, 0.3) is 0 Å². The van der Waals surface area contributed by atoms with Crippen LogP contribution in [0.2, 0.25) is 10.0 Å². The first-order chi connectivity index (χ1) is 14.8. The topological polar surface area (TPSA) is 58.6 Å². The second-order valence-electron chi connectivity index (χ2n) is 7.54. The Morgan fingerprint density at radius 3 is 2.19 bits per heavy atom. The number of rotatable bonds is 10. The van der Waals surface area contributed by atoms with Crippen LogP contribution in [-0.4, -0.2) is 35.9 Å². The number of halogens is 2. The summed E-state index contributed by atoms with van der Waals surface area (Å²) in [5.74, 6) is 0.436. The van der Waals surface area contributed by atoms with Crippen molar-refractivity contribution in [3.05, 3.63) is 63.6 Å². The third-order valence-corrected chi connectivity index (χ3v) is 5.98. The highest BCUT2D eigenvalue weighted by molar-refractivity contribution is 6.42. The van der Waals surface area contributed by atoms with Crippen molar-refractivity contribution in [2.45, 2.75) is 58.7 Å². The number of carbonyl (C=O) groups excluding carboxylic acids is 2. The van der Waals surface area contributed by atoms with E-state index in [4.69, 9.17) is 27.9 Å². The average molecular weight is 465 g/mol. The van der Waals surface area contributed by atoms with E-state index in [-0.39, 0.29) is 30.8 Å². The lowest BCUT2D eigenvalue weighted by Gasteiger charge is -2.31. The van der Waals surface area contributed by atoms with Crippen LogP contribution in [0, 0.1) is 0 Å². The van der Waals surface area contributed by atoms with Crippen LogP contribution in [0.15, 0.2) is 42.5 Å². The molecule has 2 amide bonds. The number of benzene rings is 2. The van der Waals surface area contributed by atoms with Crippen LogP contribution < -0.4 is 10.1 Å². The molecule has 0 heterocycles. The van der Waals surface area contributed by atoms with E-state index in [1.54, 1.807) is 24.1 Å². The Morgan fingerprint density at radius 1 is 1.00 bits per heavy atom. The van der Waals surface area contributed by atoms with Gasteiger partial charge in [-0.3, -0.25) is 9.59 Å². The molecule has 168 valence electrons. The third-order valence-electron chi connectivity index (χ3n) is 5.24. The maximum absolute atomic E-state index is 13.3. The molecule has 0 bridgehead atoms. The Hall–Kier alpha value is -2.24. The van der Waals surface area contributed by atoms with E-state index < -0.39 is 6.04 Å². The zero-order chi connectivity index (χ0) is 23.0. The van der Waals surface area contributed by atoms with Crippen LogP contribution in [-0.2, 0) is 22.6 Å². The Kier molecular flexibility index (Phi) is 9.66. The number of amides is 2. The highest BCUT2D eigenvalue weighted by Crippen LogP contribution is 2.24. The van der Waals surface area contributed by atoms with E-state index in [0.717, 1.165) is 23.3 Å². The van der Waals surface area contributed by atoms with Crippen LogP contribution in [0.25, 0.3) is 0 Å². The zero-order valence-electron chi connectivity index (χ0n) is 18.5. The molecule has 0 aliphatic carbocycles. The van der Waals surface area contributed by atoms with Crippen molar-refractivity contribution < 1.29 is 14.3 Å². The highest BCUT2D eigenvalue weighted by Gasteiger charge is 2.29. The standard InChI is InChI=1S/C24H30Cl2N2O3/c1-5-16(3)27-24(30)22(6-2)28(15-18-9-12-20(25)21(26)13-18)23(29)14-17-7-10-19(31-4)11-8-17/h7-13,16,22H,5-6,14-15H2,1-4H3,(H,27,30)/t16-,22-/m0/s1. The molecule has 0 aromatic heterocycles. The summed E-state index contributed by atoms with van der Waals surface area (Å²) >= 11 is 12.2. The molecule has 0 unspecified atom stereocenters. The van der Waals surface area contributed by atoms with Crippen molar-refractivity contribution >= 4 is 35.0 Å². The quantitative estimate of drug-likeness (QED) is 0.520. The van der Waals surface area contributed by atoms with Gasteiger partial charge in [0.1, 0.15) is 11.8 Å². The van der Waals surface area contributed by atoms with E-state index >= 15 is 0 Å². The van der Waals surface area contributed by atoms with E-state index in [9.17, 15) is 9.59 Å². The summed E-state index contributed by atoms with van der Waals surface area (Å²) in [4.78, 5) is 27.9. The fraction of sp³-hybridized carbons (Fsp3) is 0.417. The van der Waals surface area contributed by atoms with Crippen LogP contribution in [0.5, 0.6) is 5.75 Å². The number of nitrogens with one attached hydrogen (secondary N) is 1. The number of methoxy groups -OCH3 is 1. The highest BCUT2D eigenvalue weighted by atomic mass is 35.5. The second-order valence-corrected chi connectivity index (χ2v) is 8.35. The molecule has 0 saturated carbocycles. The van der Waals surface area contributed by atoms with E-state index in [1.807, 2.05) is 51.1 Å². The monoisotopic (exact) mass is 464 g/mol. The van der Waals surface area contributed by atoms with Crippen LogP contribution in [0.3, 0.4) is 0 Å². The largest absolute Gasteiger partial charge is 0.497 e. The molecule has 2 rings (SSSR count). The summed E-state index contributed by atoms with van der Waals surface area (Å²) in [6.07, 6.45) is 1.49. The first kappa shape index (κ1) is 25.0. The number of nitrogens with zero attached hydrogens (tertiary/aromatic N) is 1. The molecule has 0 radical (unpaired) electrons. The smallest absolute Gasteiger partial charge is 0.243 e. The van der Waals surface area contributed by atoms with Crippen molar-refractivity contribution in [3.63, 3.8) is 0 Å². The fourth-order valence-corrected chi connectivity index (χ4v) is 3.54. The molecular formula is C24H30Cl2N2O3. The summed E-state index contributed by atoms with van der Waals surface area (Å²) in [6.45, 7) is 6.13. The molecule has 1 N–H and O–H groups in total. The Labute approximate surface area is 194 Å². The SMILES string of the molecule is CC[C@H](C)NC(=O)[C@H](CC)N(Cc1ccc(Cl)c(Cl)c1)C(=O)Cc1ccc(OC)cc1. The van der Waals surface area contributed by atoms with Crippen molar-refractivity contribution in [3.8, 4) is 5.75 Å². The Bertz CT molecular complexity index is 887. The van der Waals surface area contributed by atoms with Gasteiger partial charge < -0.3 is 15.0 Å². The summed E-state index contributed by atoms with van der Waals surface area (Å²) in [5, 5.41) is 3.87. The van der Waals surface area contributed by atoms with Crippen molar-refractivity contribution in [2.75, 3.05) is 7.11 Å². The minimum atomic E-state index is -0.589. The first-order valence-electron chi connectivity index (χ1n) is 10.5. The summed E-state index contributed by atoms with van der Waals surface area (Å²) in [5.41, 5.74) is 1.66. The minimum absolute atomic E-state index is 0.0325. The maximum Gasteiger partial charge on any atom is 0.243 e. The van der Waals surface area contributed by atoms with Crippen LogP contribution in [0.4, 0.5) is 0 Å². The van der Waals surface area contributed by atoms with Gasteiger partial charge in [0.15, 0.2) is 0 Å². The molecule has 2 atom stereocenters. The first-order valence-corrected chi connectivity index (χ1v) is 11.2. The van der Waals surface area contributed by atoms with Crippen molar-refractivity contribution in [1.82, 2.24) is 10.2 Å². The predicted octanol–water partition coefficient (Wildman–Crippen LogP) is 5.27. The number of hydrogen-bond donors (Lipinski definition) is 1. The lowest BCUT2D eigenvalue weighted by Crippen LogP contribution is -2.51. The van der Waals surface area contributed by atoms with Gasteiger partial charge in [0.2, 0.25) is 11.8 Å². The molecule has 0 aliphatic heterocycles. The lowest BCUT2D eigenvalue weighted by atomic mass is 10.1. The van der Waals surface area contributed by atoms with Crippen LogP contribution in [0.1, 0.15) is 44.7 Å². The molecule has 2 aromatic rings. The summed E-state index contributed by atoms with van der Waals surface area (Å²) < 4.78 is 5.18. The molecule has 2 aromatic carbocycles. The molecule has 0 spiro atoms. The van der Waals surface area contributed by atoms with E-state index in [0.29, 0.717) is 16.5 Å². The molecule has 0 fully saturated rings. The average Bonchev–Trinajstić information content (AvgIpc) is 2.76.